The summed E-state index contributed by atoms with van der Waals surface area (Å²) in [5.74, 6) is 1.57. The molecule has 3 aliphatic rings. The van der Waals surface area contributed by atoms with Gasteiger partial charge in [-0.2, -0.15) is 9.97 Å². The van der Waals surface area contributed by atoms with E-state index in [2.05, 4.69) is 22.5 Å². The van der Waals surface area contributed by atoms with Gasteiger partial charge in [0, 0.05) is 57.8 Å². The van der Waals surface area contributed by atoms with E-state index in [9.17, 15) is 9.50 Å². The maximum absolute atomic E-state index is 15.1. The number of nitrogens with zero attached hydrogens (tertiary/aromatic N) is 5. The van der Waals surface area contributed by atoms with Crippen molar-refractivity contribution in [1.29, 1.82) is 0 Å². The molecule has 0 unspecified atom stereocenters. The first-order chi connectivity index (χ1) is 23.6. The van der Waals surface area contributed by atoms with E-state index in [1.807, 2.05) is 0 Å². The molecule has 0 spiro atoms. The minimum atomic E-state index is -2.55. The number of likely N-dealkylation sites (tertiary alicyclic amines) is 1. The lowest BCUT2D eigenvalue weighted by atomic mass is 9.79. The molecule has 2 aromatic carbocycles. The number of benzene rings is 2. The second kappa shape index (κ2) is 10.9. The Bertz CT molecular complexity index is 2110. The minimum Gasteiger partial charge on any atom is -0.508 e. The van der Waals surface area contributed by atoms with Gasteiger partial charge in [-0.1, -0.05) is 31.1 Å². The van der Waals surface area contributed by atoms with E-state index in [-0.39, 0.29) is 67.2 Å². The summed E-state index contributed by atoms with van der Waals surface area (Å²) in [6, 6.07) is 4.73. The summed E-state index contributed by atoms with van der Waals surface area (Å²) in [5.41, 5.74) is 0.383. The SMILES string of the molecule is [2H]C([2H])([2H])N1CCC(=C)[C@](C)(C([2H])([2H])Oc2nc(N3CCOC[C@H]4[C@H](F)[C@H]43)c3cnc(-c4cc(O)cc5ccc(F)c(C#C)c45)c(C)c3n2)C1. The van der Waals surface area contributed by atoms with Gasteiger partial charge < -0.3 is 24.4 Å². The van der Waals surface area contributed by atoms with Crippen LogP contribution in [0.1, 0.15) is 31.3 Å². The molecule has 2 saturated heterocycles. The number of piperidine rings is 1. The van der Waals surface area contributed by atoms with Crippen molar-refractivity contribution >= 4 is 27.5 Å². The summed E-state index contributed by atoms with van der Waals surface area (Å²) in [7, 11) is 0. The third-order valence-corrected chi connectivity index (χ3v) is 9.18. The first-order valence-electron chi connectivity index (χ1n) is 17.3. The number of halogens is 2. The minimum absolute atomic E-state index is 0.00947. The van der Waals surface area contributed by atoms with Gasteiger partial charge in [0.2, 0.25) is 0 Å². The lowest BCUT2D eigenvalue weighted by molar-refractivity contribution is 0.112. The lowest BCUT2D eigenvalue weighted by Crippen LogP contribution is -2.44. The number of fused-ring (bicyclic) bond motifs is 3. The quantitative estimate of drug-likeness (QED) is 0.235. The summed E-state index contributed by atoms with van der Waals surface area (Å²) < 4.78 is 83.8. The number of hydrogen-bond acceptors (Lipinski definition) is 8. The number of alkyl halides is 1. The number of hydrogen-bond donors (Lipinski definition) is 1. The molecule has 0 bridgehead atoms. The van der Waals surface area contributed by atoms with Crippen molar-refractivity contribution in [3.05, 3.63) is 59.6 Å². The van der Waals surface area contributed by atoms with Crippen LogP contribution in [0.2, 0.25) is 0 Å². The van der Waals surface area contributed by atoms with Gasteiger partial charge in [-0.15, -0.1) is 6.42 Å². The fourth-order valence-electron chi connectivity index (χ4n) is 6.54. The van der Waals surface area contributed by atoms with Crippen LogP contribution in [0, 0.1) is 36.4 Å². The van der Waals surface area contributed by atoms with Crippen molar-refractivity contribution in [1.82, 2.24) is 19.9 Å². The number of terminal acetylenes is 1. The zero-order valence-electron chi connectivity index (χ0n) is 29.9. The Balaban J connectivity index is 1.41. The van der Waals surface area contributed by atoms with E-state index < -0.39 is 37.0 Å². The van der Waals surface area contributed by atoms with Crippen LogP contribution in [0.3, 0.4) is 0 Å². The summed E-state index contributed by atoms with van der Waals surface area (Å²) in [4.78, 5) is 17.0. The zero-order valence-corrected chi connectivity index (χ0v) is 24.9. The lowest BCUT2D eigenvalue weighted by Gasteiger charge is -2.40. The van der Waals surface area contributed by atoms with Crippen molar-refractivity contribution in [3.8, 4) is 35.4 Å². The van der Waals surface area contributed by atoms with Crippen molar-refractivity contribution in [2.75, 3.05) is 51.3 Å². The Morgan fingerprint density at radius 1 is 1.33 bits per heavy atom. The predicted octanol–water partition coefficient (Wildman–Crippen LogP) is 5.43. The molecule has 3 fully saturated rings. The van der Waals surface area contributed by atoms with Crippen LogP contribution in [0.25, 0.3) is 32.9 Å². The highest BCUT2D eigenvalue weighted by Crippen LogP contribution is 2.45. The molecule has 232 valence electrons. The molecule has 2 aromatic heterocycles. The number of aromatic hydroxyl groups is 1. The Labute approximate surface area is 267 Å². The molecule has 2 aliphatic heterocycles. The second-order valence-electron chi connectivity index (χ2n) is 12.2. The fraction of sp³-hybridized carbons (Fsp3) is 0.400. The van der Waals surface area contributed by atoms with Crippen LogP contribution in [-0.4, -0.2) is 83.6 Å². The van der Waals surface area contributed by atoms with Gasteiger partial charge in [0.1, 0.15) is 30.1 Å². The molecule has 4 heterocycles. The topological polar surface area (TPSA) is 83.8 Å². The number of aromatic nitrogens is 3. The van der Waals surface area contributed by atoms with Gasteiger partial charge in [0.05, 0.1) is 44.2 Å². The van der Waals surface area contributed by atoms with Crippen LogP contribution < -0.4 is 9.64 Å². The maximum Gasteiger partial charge on any atom is 0.318 e. The number of anilines is 1. The number of phenols is 1. The molecule has 10 heteroatoms. The van der Waals surface area contributed by atoms with Gasteiger partial charge in [0.25, 0.3) is 0 Å². The molecular weight excluding hydrogens is 576 g/mol. The van der Waals surface area contributed by atoms with Gasteiger partial charge >= 0.3 is 6.01 Å². The largest absolute Gasteiger partial charge is 0.508 e. The summed E-state index contributed by atoms with van der Waals surface area (Å²) in [6.45, 7) is 3.17. The normalized spacial score (nSPS) is 27.4. The molecule has 1 N–H and O–H groups in total. The molecule has 1 aliphatic carbocycles. The smallest absolute Gasteiger partial charge is 0.318 e. The van der Waals surface area contributed by atoms with E-state index in [0.29, 0.717) is 45.2 Å². The van der Waals surface area contributed by atoms with Crippen molar-refractivity contribution in [3.63, 3.8) is 0 Å². The number of ether oxygens (including phenoxy) is 2. The Hall–Kier alpha value is -4.33. The van der Waals surface area contributed by atoms with Crippen LogP contribution in [-0.2, 0) is 4.74 Å². The molecule has 0 amide bonds. The van der Waals surface area contributed by atoms with Gasteiger partial charge in [-0.05, 0) is 43.9 Å². The van der Waals surface area contributed by atoms with E-state index >= 15 is 4.39 Å². The van der Waals surface area contributed by atoms with Crippen molar-refractivity contribution in [2.24, 2.45) is 11.3 Å². The molecular formula is C35H35F2N5O3. The first-order valence-corrected chi connectivity index (χ1v) is 14.8. The number of pyridine rings is 1. The number of rotatable bonds is 5. The summed E-state index contributed by atoms with van der Waals surface area (Å²) >= 11 is 0. The average Bonchev–Trinajstić information content (AvgIpc) is 3.75. The highest BCUT2D eigenvalue weighted by Gasteiger charge is 2.56. The Kier molecular flexibility index (Phi) is 5.82. The average molecular weight is 617 g/mol. The Morgan fingerprint density at radius 2 is 2.18 bits per heavy atom. The van der Waals surface area contributed by atoms with Crippen LogP contribution >= 0.6 is 0 Å². The van der Waals surface area contributed by atoms with E-state index in [1.165, 1.54) is 35.4 Å². The van der Waals surface area contributed by atoms with Gasteiger partial charge in [0.15, 0.2) is 0 Å². The van der Waals surface area contributed by atoms with Crippen molar-refractivity contribution < 1.29 is 30.2 Å². The molecule has 8 nitrogen and oxygen atoms in total. The zero-order chi connectivity index (χ0) is 35.9. The Morgan fingerprint density at radius 3 is 2.98 bits per heavy atom. The number of phenolic OH excluding ortho intramolecular Hbond substituents is 1. The molecule has 4 aromatic rings. The van der Waals surface area contributed by atoms with E-state index in [4.69, 9.17) is 27.7 Å². The van der Waals surface area contributed by atoms with E-state index in [1.54, 1.807) is 18.7 Å². The fourth-order valence-corrected chi connectivity index (χ4v) is 6.54. The standard InChI is InChI=1S/C35H35F2N5O3/c1-6-23-27(36)8-7-21-13-22(43)14-24(28(21)23)30-20(3)31-25(15-38-30)33(42-11-12-44-16-26-29(37)32(26)42)40-34(39-31)45-18-35(4)17-41(5)10-9-19(35)2/h1,7-8,13-15,26,29,32,43H,2,9-12,16-18H2,3-5H3/t26-,29-,32-,35-/m0/s1/i5D3,18D2. The maximum atomic E-state index is 15.1. The van der Waals surface area contributed by atoms with Crippen molar-refractivity contribution in [2.45, 2.75) is 32.5 Å². The van der Waals surface area contributed by atoms with Crippen LogP contribution in [0.4, 0.5) is 14.6 Å². The van der Waals surface area contributed by atoms with Gasteiger partial charge in [-0.25, -0.2) is 8.78 Å². The molecule has 7 rings (SSSR count). The molecule has 1 saturated carbocycles. The highest BCUT2D eigenvalue weighted by atomic mass is 19.1. The van der Waals surface area contributed by atoms with E-state index in [0.717, 1.165) is 0 Å². The molecule has 0 radical (unpaired) electrons. The van der Waals surface area contributed by atoms with Crippen LogP contribution in [0.5, 0.6) is 11.8 Å². The monoisotopic (exact) mass is 616 g/mol. The first kappa shape index (κ1) is 24.0. The molecule has 45 heavy (non-hydrogen) atoms. The number of aryl methyl sites for hydroxylation is 1. The summed E-state index contributed by atoms with van der Waals surface area (Å²) in [5, 5.41) is 11.9. The highest BCUT2D eigenvalue weighted by molar-refractivity contribution is 6.04. The molecule has 4 atom stereocenters. The van der Waals surface area contributed by atoms with Gasteiger partial charge in [-0.3, -0.25) is 4.98 Å². The predicted molar refractivity (Wildman–Crippen MR) is 170 cm³/mol. The van der Waals surface area contributed by atoms with Crippen LogP contribution in [0.15, 0.2) is 42.6 Å². The third kappa shape index (κ3) is 4.95. The summed E-state index contributed by atoms with van der Waals surface area (Å²) in [6.07, 6.45) is 6.31. The third-order valence-electron chi connectivity index (χ3n) is 9.18. The second-order valence-corrected chi connectivity index (χ2v) is 12.2.